The molecule has 1 aromatic heterocycles. The van der Waals surface area contributed by atoms with Crippen LogP contribution in [-0.4, -0.2) is 54.7 Å². The van der Waals surface area contributed by atoms with Crippen LogP contribution in [0, 0.1) is 19.8 Å². The van der Waals surface area contributed by atoms with Gasteiger partial charge >= 0.3 is 0 Å². The quantitative estimate of drug-likeness (QED) is 0.643. The molecule has 0 unspecified atom stereocenters. The van der Waals surface area contributed by atoms with Crippen LogP contribution in [-0.2, 0) is 10.0 Å². The molecular formula is C22H31N3O5S. The van der Waals surface area contributed by atoms with E-state index in [1.807, 2.05) is 13.8 Å². The van der Waals surface area contributed by atoms with Crippen molar-refractivity contribution in [1.82, 2.24) is 14.1 Å². The molecule has 3 rings (SSSR count). The molecular weight excluding hydrogens is 418 g/mol. The third-order valence-electron chi connectivity index (χ3n) is 5.55. The van der Waals surface area contributed by atoms with Crippen molar-refractivity contribution in [3.63, 3.8) is 0 Å². The number of aryl methyl sites for hydroxylation is 1. The minimum absolute atomic E-state index is 0.117. The summed E-state index contributed by atoms with van der Waals surface area (Å²) in [5.74, 6) is 1.11. The molecule has 1 fully saturated rings. The number of benzene rings is 1. The molecule has 0 aliphatic carbocycles. The minimum Gasteiger partial charge on any atom is -0.490 e. The van der Waals surface area contributed by atoms with Crippen LogP contribution in [0.1, 0.15) is 55.4 Å². The second kappa shape index (κ2) is 9.40. The zero-order valence-corrected chi connectivity index (χ0v) is 19.7. The van der Waals surface area contributed by atoms with Gasteiger partial charge in [0.1, 0.15) is 4.90 Å². The SMILES string of the molecule is CCOc1ccc(C(=O)n2nc(C)c(S(=O)(=O)N3CCC(C)CC3)c2C)cc1OCC. The monoisotopic (exact) mass is 449 g/mol. The van der Waals surface area contributed by atoms with Gasteiger partial charge in [-0.05, 0) is 64.7 Å². The lowest BCUT2D eigenvalue weighted by molar-refractivity contribution is 0.0941. The summed E-state index contributed by atoms with van der Waals surface area (Å²) in [6.45, 7) is 11.0. The van der Waals surface area contributed by atoms with E-state index in [2.05, 4.69) is 12.0 Å². The van der Waals surface area contributed by atoms with E-state index in [1.165, 1.54) is 8.99 Å². The van der Waals surface area contributed by atoms with Gasteiger partial charge in [-0.1, -0.05) is 6.92 Å². The average Bonchev–Trinajstić information content (AvgIpc) is 3.04. The fourth-order valence-corrected chi connectivity index (χ4v) is 5.68. The first kappa shape index (κ1) is 23.3. The highest BCUT2D eigenvalue weighted by Crippen LogP contribution is 2.31. The van der Waals surface area contributed by atoms with E-state index in [-0.39, 0.29) is 4.90 Å². The Balaban J connectivity index is 1.96. The molecule has 2 aromatic rings. The molecule has 1 aromatic carbocycles. The number of ether oxygens (including phenoxy) is 2. The van der Waals surface area contributed by atoms with Crippen molar-refractivity contribution in [2.45, 2.75) is 52.4 Å². The summed E-state index contributed by atoms with van der Waals surface area (Å²) in [5.41, 5.74) is 0.974. The van der Waals surface area contributed by atoms with E-state index in [0.717, 1.165) is 12.8 Å². The number of piperidine rings is 1. The molecule has 0 spiro atoms. The summed E-state index contributed by atoms with van der Waals surface area (Å²) >= 11 is 0. The van der Waals surface area contributed by atoms with Gasteiger partial charge in [0.2, 0.25) is 10.0 Å². The van der Waals surface area contributed by atoms with E-state index < -0.39 is 15.9 Å². The van der Waals surface area contributed by atoms with Crippen LogP contribution in [0.2, 0.25) is 0 Å². The normalized spacial score (nSPS) is 15.8. The summed E-state index contributed by atoms with van der Waals surface area (Å²) in [6, 6.07) is 4.92. The van der Waals surface area contributed by atoms with E-state index in [9.17, 15) is 13.2 Å². The van der Waals surface area contributed by atoms with Crippen LogP contribution in [0.3, 0.4) is 0 Å². The van der Waals surface area contributed by atoms with Crippen molar-refractivity contribution in [2.75, 3.05) is 26.3 Å². The van der Waals surface area contributed by atoms with Crippen LogP contribution in [0.4, 0.5) is 0 Å². The number of rotatable bonds is 7. The maximum Gasteiger partial charge on any atom is 0.278 e. The first-order valence-electron chi connectivity index (χ1n) is 10.7. The average molecular weight is 450 g/mol. The summed E-state index contributed by atoms with van der Waals surface area (Å²) in [4.78, 5) is 13.3. The molecule has 8 nitrogen and oxygen atoms in total. The largest absolute Gasteiger partial charge is 0.490 e. The molecule has 31 heavy (non-hydrogen) atoms. The number of nitrogens with zero attached hydrogens (tertiary/aromatic N) is 3. The third-order valence-corrected chi connectivity index (χ3v) is 7.70. The Hall–Kier alpha value is -2.39. The highest BCUT2D eigenvalue weighted by atomic mass is 32.2. The Morgan fingerprint density at radius 3 is 2.32 bits per heavy atom. The van der Waals surface area contributed by atoms with E-state index >= 15 is 0 Å². The molecule has 170 valence electrons. The van der Waals surface area contributed by atoms with Crippen LogP contribution in [0.5, 0.6) is 11.5 Å². The Bertz CT molecular complexity index is 1050. The van der Waals surface area contributed by atoms with Gasteiger partial charge < -0.3 is 9.47 Å². The zero-order chi connectivity index (χ0) is 22.8. The lowest BCUT2D eigenvalue weighted by atomic mass is 10.0. The van der Waals surface area contributed by atoms with Gasteiger partial charge in [-0.15, -0.1) is 0 Å². The topological polar surface area (TPSA) is 90.7 Å². The van der Waals surface area contributed by atoms with Crippen LogP contribution >= 0.6 is 0 Å². The first-order valence-corrected chi connectivity index (χ1v) is 12.1. The van der Waals surface area contributed by atoms with E-state index in [1.54, 1.807) is 32.0 Å². The summed E-state index contributed by atoms with van der Waals surface area (Å²) < 4.78 is 40.4. The van der Waals surface area contributed by atoms with Gasteiger partial charge in [-0.25, -0.2) is 8.42 Å². The number of aromatic nitrogens is 2. The molecule has 1 aliphatic rings. The highest BCUT2D eigenvalue weighted by molar-refractivity contribution is 7.89. The number of hydrogen-bond acceptors (Lipinski definition) is 6. The Labute approximate surface area is 184 Å². The van der Waals surface area contributed by atoms with Crippen molar-refractivity contribution in [1.29, 1.82) is 0 Å². The van der Waals surface area contributed by atoms with Gasteiger partial charge in [0.15, 0.2) is 11.5 Å². The minimum atomic E-state index is -3.72. The van der Waals surface area contributed by atoms with Crippen molar-refractivity contribution >= 4 is 15.9 Å². The van der Waals surface area contributed by atoms with Crippen molar-refractivity contribution < 1.29 is 22.7 Å². The van der Waals surface area contributed by atoms with E-state index in [0.29, 0.717) is 60.7 Å². The smallest absolute Gasteiger partial charge is 0.278 e. The molecule has 9 heteroatoms. The summed E-state index contributed by atoms with van der Waals surface area (Å²) in [5, 5.41) is 4.29. The number of carbonyl (C=O) groups excluding carboxylic acids is 1. The maximum atomic E-state index is 13.3. The van der Waals surface area contributed by atoms with Crippen LogP contribution in [0.25, 0.3) is 0 Å². The second-order valence-corrected chi connectivity index (χ2v) is 9.71. The maximum absolute atomic E-state index is 13.3. The molecule has 0 amide bonds. The molecule has 1 aliphatic heterocycles. The van der Waals surface area contributed by atoms with Gasteiger partial charge in [0, 0.05) is 18.7 Å². The number of sulfonamides is 1. The van der Waals surface area contributed by atoms with E-state index in [4.69, 9.17) is 9.47 Å². The van der Waals surface area contributed by atoms with Crippen molar-refractivity contribution in [3.8, 4) is 11.5 Å². The van der Waals surface area contributed by atoms with Gasteiger partial charge in [0.05, 0.1) is 24.6 Å². The molecule has 0 bridgehead atoms. The summed E-state index contributed by atoms with van der Waals surface area (Å²) in [7, 11) is -3.72. The Morgan fingerprint density at radius 1 is 1.10 bits per heavy atom. The van der Waals surface area contributed by atoms with Crippen LogP contribution in [0.15, 0.2) is 23.1 Å². The molecule has 2 heterocycles. The molecule has 0 saturated carbocycles. The van der Waals surface area contributed by atoms with Gasteiger partial charge in [-0.3, -0.25) is 4.79 Å². The van der Waals surface area contributed by atoms with Crippen molar-refractivity contribution in [3.05, 3.63) is 35.2 Å². The predicted octanol–water partition coefficient (Wildman–Crippen LogP) is 3.41. The fraction of sp³-hybridized carbons (Fsp3) is 0.545. The standard InChI is InChI=1S/C22H31N3O5S/c1-6-29-19-9-8-18(14-20(19)30-7-2)22(26)25-17(5)21(16(4)23-25)31(27,28)24-12-10-15(3)11-13-24/h8-9,14-15H,6-7,10-13H2,1-5H3. The highest BCUT2D eigenvalue weighted by Gasteiger charge is 2.34. The van der Waals surface area contributed by atoms with Crippen molar-refractivity contribution in [2.24, 2.45) is 5.92 Å². The lowest BCUT2D eigenvalue weighted by Crippen LogP contribution is -2.38. The molecule has 0 radical (unpaired) electrons. The predicted molar refractivity (Wildman–Crippen MR) is 117 cm³/mol. The number of carbonyl (C=O) groups is 1. The van der Waals surface area contributed by atoms with Gasteiger partial charge in [0.25, 0.3) is 5.91 Å². The lowest BCUT2D eigenvalue weighted by Gasteiger charge is -2.29. The van der Waals surface area contributed by atoms with Gasteiger partial charge in [-0.2, -0.15) is 14.1 Å². The summed E-state index contributed by atoms with van der Waals surface area (Å²) in [6.07, 6.45) is 1.66. The molecule has 0 atom stereocenters. The third kappa shape index (κ3) is 4.62. The zero-order valence-electron chi connectivity index (χ0n) is 18.8. The first-order chi connectivity index (χ1) is 14.7. The Morgan fingerprint density at radius 2 is 1.71 bits per heavy atom. The molecule has 0 N–H and O–H groups in total. The number of hydrogen-bond donors (Lipinski definition) is 0. The fourth-order valence-electron chi connectivity index (χ4n) is 3.86. The molecule has 1 saturated heterocycles. The van der Waals surface area contributed by atoms with Crippen LogP contribution < -0.4 is 9.47 Å². The Kier molecular flexibility index (Phi) is 7.06. The second-order valence-electron chi connectivity index (χ2n) is 7.83.